The number of fused-ring (bicyclic) bond motifs is 1. The normalized spacial score (nSPS) is 13.9. The summed E-state index contributed by atoms with van der Waals surface area (Å²) < 4.78 is 44.5. The van der Waals surface area contributed by atoms with E-state index < -0.39 is 17.7 Å². The van der Waals surface area contributed by atoms with Gasteiger partial charge in [0.05, 0.1) is 11.1 Å². The molecule has 0 amide bonds. The van der Waals surface area contributed by atoms with Gasteiger partial charge in [-0.15, -0.1) is 11.3 Å². The molecule has 0 unspecified atom stereocenters. The number of benzene rings is 3. The first-order valence-electron chi connectivity index (χ1n) is 11.6. The van der Waals surface area contributed by atoms with Crippen LogP contribution in [0.15, 0.2) is 78.2 Å². The van der Waals surface area contributed by atoms with Gasteiger partial charge in [-0.05, 0) is 82.9 Å². The maximum atomic E-state index is 13.1. The van der Waals surface area contributed by atoms with E-state index in [-0.39, 0.29) is 0 Å². The highest BCUT2D eigenvalue weighted by Crippen LogP contribution is 2.32. The molecule has 0 bridgehead atoms. The van der Waals surface area contributed by atoms with E-state index >= 15 is 0 Å². The van der Waals surface area contributed by atoms with Crippen molar-refractivity contribution in [1.82, 2.24) is 4.90 Å². The predicted octanol–water partition coefficient (Wildman–Crippen LogP) is 7.52. The Morgan fingerprint density at radius 3 is 2.50 bits per heavy atom. The standard InChI is InChI=1S/C29H24F3NO2S/c1-19-13-15-36-27(19)18-33-14-12-21-16-24(11-8-22(21)17-33)35-28(34)26-5-3-2-4-25(26)20-6-9-23(10-7-20)29(30,31)32/h2-11,13,15-16H,12,14,17-18H2,1H3. The molecule has 184 valence electrons. The summed E-state index contributed by atoms with van der Waals surface area (Å²) in [4.78, 5) is 16.9. The molecular weight excluding hydrogens is 483 g/mol. The number of nitrogens with zero attached hydrogens (tertiary/aromatic N) is 1. The molecule has 0 radical (unpaired) electrons. The van der Waals surface area contributed by atoms with Crippen molar-refractivity contribution in [3.05, 3.63) is 111 Å². The summed E-state index contributed by atoms with van der Waals surface area (Å²) in [5.74, 6) is -0.0837. The lowest BCUT2D eigenvalue weighted by atomic mass is 9.98. The fourth-order valence-corrected chi connectivity index (χ4v) is 5.42. The Morgan fingerprint density at radius 2 is 1.78 bits per heavy atom. The number of thiophene rings is 1. The fraction of sp³-hybridized carbons (Fsp3) is 0.207. The molecule has 36 heavy (non-hydrogen) atoms. The van der Waals surface area contributed by atoms with E-state index in [1.807, 2.05) is 12.1 Å². The molecular formula is C29H24F3NO2S. The third-order valence-corrected chi connectivity index (χ3v) is 7.49. The van der Waals surface area contributed by atoms with Crippen molar-refractivity contribution in [3.63, 3.8) is 0 Å². The summed E-state index contributed by atoms with van der Waals surface area (Å²) in [7, 11) is 0. The quantitative estimate of drug-likeness (QED) is 0.207. The monoisotopic (exact) mass is 507 g/mol. The van der Waals surface area contributed by atoms with Gasteiger partial charge >= 0.3 is 12.1 Å². The van der Waals surface area contributed by atoms with E-state index in [9.17, 15) is 18.0 Å². The Morgan fingerprint density at radius 1 is 1.00 bits per heavy atom. The van der Waals surface area contributed by atoms with Gasteiger partial charge in [0.2, 0.25) is 0 Å². The topological polar surface area (TPSA) is 29.5 Å². The van der Waals surface area contributed by atoms with Gasteiger partial charge < -0.3 is 4.74 Å². The molecule has 1 aliphatic heterocycles. The Hall–Kier alpha value is -3.42. The molecule has 2 heterocycles. The number of carbonyl (C=O) groups is 1. The van der Waals surface area contributed by atoms with E-state index in [1.54, 1.807) is 41.7 Å². The van der Waals surface area contributed by atoms with Crippen LogP contribution in [0.2, 0.25) is 0 Å². The van der Waals surface area contributed by atoms with Crippen LogP contribution < -0.4 is 4.74 Å². The molecule has 0 saturated heterocycles. The second-order valence-electron chi connectivity index (χ2n) is 8.93. The van der Waals surface area contributed by atoms with Gasteiger partial charge in [0.1, 0.15) is 5.75 Å². The maximum Gasteiger partial charge on any atom is 0.416 e. The Labute approximate surface area is 211 Å². The van der Waals surface area contributed by atoms with Crippen molar-refractivity contribution >= 4 is 17.3 Å². The minimum Gasteiger partial charge on any atom is -0.423 e. The maximum absolute atomic E-state index is 13.1. The number of carbonyl (C=O) groups excluding carboxylic acids is 1. The molecule has 1 aliphatic rings. The summed E-state index contributed by atoms with van der Waals surface area (Å²) >= 11 is 1.78. The number of esters is 1. The minimum absolute atomic E-state index is 0.299. The van der Waals surface area contributed by atoms with Crippen LogP contribution >= 0.6 is 11.3 Å². The third kappa shape index (κ3) is 5.22. The van der Waals surface area contributed by atoms with Crippen molar-refractivity contribution in [1.29, 1.82) is 0 Å². The van der Waals surface area contributed by atoms with Gasteiger partial charge in [-0.2, -0.15) is 13.2 Å². The first-order valence-corrected chi connectivity index (χ1v) is 12.5. The molecule has 0 spiro atoms. The molecule has 7 heteroatoms. The molecule has 0 N–H and O–H groups in total. The molecule has 0 atom stereocenters. The highest BCUT2D eigenvalue weighted by atomic mass is 32.1. The first kappa shape index (κ1) is 24.3. The zero-order chi connectivity index (χ0) is 25.3. The zero-order valence-corrected chi connectivity index (χ0v) is 20.5. The number of ether oxygens (including phenoxy) is 1. The van der Waals surface area contributed by atoms with E-state index in [1.165, 1.54) is 28.1 Å². The van der Waals surface area contributed by atoms with Crippen molar-refractivity contribution in [2.75, 3.05) is 6.54 Å². The summed E-state index contributed by atoms with van der Waals surface area (Å²) in [6.45, 7) is 4.84. The van der Waals surface area contributed by atoms with Crippen LogP contribution in [0, 0.1) is 6.92 Å². The average Bonchev–Trinajstić information content (AvgIpc) is 3.27. The molecule has 0 fully saturated rings. The van der Waals surface area contributed by atoms with Crippen LogP contribution in [0.3, 0.4) is 0 Å². The largest absolute Gasteiger partial charge is 0.423 e. The molecule has 0 aliphatic carbocycles. The first-order chi connectivity index (χ1) is 17.3. The highest BCUT2D eigenvalue weighted by molar-refractivity contribution is 7.10. The number of rotatable bonds is 5. The van der Waals surface area contributed by atoms with Crippen LogP contribution in [-0.4, -0.2) is 17.4 Å². The Bertz CT molecular complexity index is 1390. The number of alkyl halides is 3. The van der Waals surface area contributed by atoms with Crippen molar-refractivity contribution in [2.24, 2.45) is 0 Å². The van der Waals surface area contributed by atoms with Gasteiger partial charge in [0.15, 0.2) is 0 Å². The SMILES string of the molecule is Cc1ccsc1CN1CCc2cc(OC(=O)c3ccccc3-c3ccc(C(F)(F)F)cc3)ccc2C1. The third-order valence-electron chi connectivity index (χ3n) is 6.49. The van der Waals surface area contributed by atoms with Crippen LogP contribution in [0.25, 0.3) is 11.1 Å². The van der Waals surface area contributed by atoms with Gasteiger partial charge in [0, 0.05) is 24.5 Å². The molecule has 0 saturated carbocycles. The van der Waals surface area contributed by atoms with Crippen LogP contribution in [-0.2, 0) is 25.7 Å². The number of hydrogen-bond donors (Lipinski definition) is 0. The van der Waals surface area contributed by atoms with Crippen LogP contribution in [0.5, 0.6) is 5.75 Å². The number of aryl methyl sites for hydroxylation is 1. The summed E-state index contributed by atoms with van der Waals surface area (Å²) in [6, 6.07) is 19.4. The van der Waals surface area contributed by atoms with E-state index in [2.05, 4.69) is 23.3 Å². The van der Waals surface area contributed by atoms with Gasteiger partial charge in [0.25, 0.3) is 0 Å². The molecule has 5 rings (SSSR count). The molecule has 3 aromatic carbocycles. The van der Waals surface area contributed by atoms with Crippen molar-refractivity contribution in [3.8, 4) is 16.9 Å². The lowest BCUT2D eigenvalue weighted by molar-refractivity contribution is -0.137. The Balaban J connectivity index is 1.31. The lowest BCUT2D eigenvalue weighted by Gasteiger charge is -2.28. The second-order valence-corrected chi connectivity index (χ2v) is 9.93. The number of halogens is 3. The fourth-order valence-electron chi connectivity index (χ4n) is 4.47. The van der Waals surface area contributed by atoms with Gasteiger partial charge in [-0.1, -0.05) is 36.4 Å². The lowest BCUT2D eigenvalue weighted by Crippen LogP contribution is -2.30. The Kier molecular flexibility index (Phi) is 6.69. The molecule has 1 aromatic heterocycles. The molecule has 3 nitrogen and oxygen atoms in total. The average molecular weight is 508 g/mol. The summed E-state index contributed by atoms with van der Waals surface area (Å²) in [5, 5.41) is 2.12. The van der Waals surface area contributed by atoms with Crippen molar-refractivity contribution < 1.29 is 22.7 Å². The van der Waals surface area contributed by atoms with Crippen LogP contribution in [0.1, 0.15) is 37.5 Å². The van der Waals surface area contributed by atoms with E-state index in [4.69, 9.17) is 4.74 Å². The summed E-state index contributed by atoms with van der Waals surface area (Å²) in [6.07, 6.45) is -3.54. The minimum atomic E-state index is -4.41. The van der Waals surface area contributed by atoms with E-state index in [0.717, 1.165) is 43.8 Å². The van der Waals surface area contributed by atoms with Gasteiger partial charge in [-0.25, -0.2) is 4.79 Å². The number of hydrogen-bond acceptors (Lipinski definition) is 4. The second kappa shape index (κ2) is 9.91. The van der Waals surface area contributed by atoms with Crippen LogP contribution in [0.4, 0.5) is 13.2 Å². The van der Waals surface area contributed by atoms with Crippen molar-refractivity contribution in [2.45, 2.75) is 32.6 Å². The zero-order valence-electron chi connectivity index (χ0n) is 19.6. The highest BCUT2D eigenvalue weighted by Gasteiger charge is 2.30. The van der Waals surface area contributed by atoms with Gasteiger partial charge in [-0.3, -0.25) is 4.90 Å². The summed E-state index contributed by atoms with van der Waals surface area (Å²) in [5.41, 5.74) is 4.31. The van der Waals surface area contributed by atoms with E-state index in [0.29, 0.717) is 22.4 Å². The predicted molar refractivity (Wildman–Crippen MR) is 135 cm³/mol. The molecule has 4 aromatic rings. The smallest absolute Gasteiger partial charge is 0.416 e.